The van der Waals surface area contributed by atoms with Crippen molar-refractivity contribution in [3.8, 4) is 0 Å². The summed E-state index contributed by atoms with van der Waals surface area (Å²) in [5.74, 6) is 0.0925. The van der Waals surface area contributed by atoms with Gasteiger partial charge in [0.15, 0.2) is 0 Å². The number of carbonyl (C=O) groups excluding carboxylic acids is 1. The Bertz CT molecular complexity index is 2200. The zero-order valence-electron chi connectivity index (χ0n) is 32.1. The first kappa shape index (κ1) is 44.0. The molecule has 0 bridgehead atoms. The molecule has 0 aromatic heterocycles. The molecule has 2 atom stereocenters. The summed E-state index contributed by atoms with van der Waals surface area (Å²) in [6.07, 6.45) is 0. The van der Waals surface area contributed by atoms with E-state index in [-0.39, 0.29) is 20.9 Å². The predicted octanol–water partition coefficient (Wildman–Crippen LogP) is 11.8. The van der Waals surface area contributed by atoms with Gasteiger partial charge in [-0.15, -0.1) is 12.1 Å². The molecule has 0 unspecified atom stereocenters. The Balaban J connectivity index is 0.000000256. The van der Waals surface area contributed by atoms with E-state index >= 15 is 0 Å². The molecule has 0 amide bonds. The third-order valence-electron chi connectivity index (χ3n) is 9.78. The molecule has 0 aliphatic heterocycles. The normalized spacial score (nSPS) is 11.7. The summed E-state index contributed by atoms with van der Waals surface area (Å²) in [5.41, 5.74) is 19.5. The molecule has 8 aromatic rings. The van der Waals surface area contributed by atoms with E-state index in [0.29, 0.717) is 0 Å². The molecule has 0 heterocycles. The van der Waals surface area contributed by atoms with Crippen molar-refractivity contribution in [2.75, 3.05) is 0 Å². The van der Waals surface area contributed by atoms with Crippen LogP contribution in [0.5, 0.6) is 0 Å². The van der Waals surface area contributed by atoms with Gasteiger partial charge < -0.3 is 11.5 Å². The summed E-state index contributed by atoms with van der Waals surface area (Å²) in [6, 6.07) is 77.1. The average molecular weight is 935 g/mol. The standard InChI is InChI=1S/C37H28OP2.C14H14N2.2ClH.Ru/c38-37(33-25-13-15-27-35(33)39(29-17-5-1-6-18-29)30-19-7-2-8-20-30)34-26-14-16-28-36(34)40(31-21-9-3-10-22-31)32-23-11-4-12-24-32;15-13(11-7-3-1-4-8-11)14(16)12-9-5-2-6-10-12;;;/h1-28H;1-10,13-16H;2*1H;/q;-2;;;+4/t;13-,14-;;;/m.1.../s1. The maximum absolute atomic E-state index is 14.7. The topological polar surface area (TPSA) is 64.7 Å². The van der Waals surface area contributed by atoms with Crippen molar-refractivity contribution in [2.24, 2.45) is 0 Å². The fourth-order valence-electron chi connectivity index (χ4n) is 7.02. The number of benzene rings is 8. The molecule has 2 N–H and O–H groups in total. The van der Waals surface area contributed by atoms with Crippen LogP contribution in [0, 0.1) is 0 Å². The second-order valence-corrected chi connectivity index (χ2v) is 21.0. The fourth-order valence-corrected chi connectivity index (χ4v) is 12.5. The van der Waals surface area contributed by atoms with Gasteiger partial charge in [-0.05, 0) is 72.8 Å². The van der Waals surface area contributed by atoms with Gasteiger partial charge in [0.25, 0.3) is 0 Å². The summed E-state index contributed by atoms with van der Waals surface area (Å²) in [6.45, 7) is 0. The van der Waals surface area contributed by atoms with Crippen LogP contribution in [-0.4, -0.2) is 5.78 Å². The number of nitrogens with one attached hydrogen (secondary N) is 2. The molecule has 0 fully saturated rings. The number of hydrogen-bond acceptors (Lipinski definition) is 1. The van der Waals surface area contributed by atoms with Crippen LogP contribution < -0.4 is 31.8 Å². The smallest absolute Gasteiger partial charge is 0.0606 e. The largest absolute Gasteiger partial charge is 0.672 e. The average Bonchev–Trinajstić information content (AvgIpc) is 3.31. The van der Waals surface area contributed by atoms with Gasteiger partial charge in [-0.25, -0.2) is 0 Å². The molecule has 8 rings (SSSR count). The van der Waals surface area contributed by atoms with E-state index < -0.39 is 27.9 Å². The Morgan fingerprint density at radius 2 is 0.593 bits per heavy atom. The van der Waals surface area contributed by atoms with Crippen molar-refractivity contribution in [2.45, 2.75) is 12.1 Å². The maximum atomic E-state index is 14.7. The third-order valence-corrected chi connectivity index (χ3v) is 15.4. The zero-order chi connectivity index (χ0) is 41.2. The molecule has 8 aromatic carbocycles. The maximum Gasteiger partial charge on any atom is -0.0606 e. The second-order valence-electron chi connectivity index (χ2n) is 13.5. The van der Waals surface area contributed by atoms with Gasteiger partial charge in [-0.3, -0.25) is 4.79 Å². The van der Waals surface area contributed by atoms with Gasteiger partial charge in [-0.1, -0.05) is 169 Å². The first-order valence-corrected chi connectivity index (χ1v) is 26.6. The summed E-state index contributed by atoms with van der Waals surface area (Å²) < 4.78 is 0. The predicted molar refractivity (Wildman–Crippen MR) is 255 cm³/mol. The van der Waals surface area contributed by atoms with E-state index in [1.165, 1.54) is 21.2 Å². The molecule has 8 heteroatoms. The molecule has 0 spiro atoms. The quantitative estimate of drug-likeness (QED) is 0.0724. The summed E-state index contributed by atoms with van der Waals surface area (Å²) >= 11 is -0.346. The Morgan fingerprint density at radius 3 is 0.864 bits per heavy atom. The van der Waals surface area contributed by atoms with Gasteiger partial charge in [0, 0.05) is 0 Å². The van der Waals surface area contributed by atoms with Crippen molar-refractivity contribution < 1.29 is 19.9 Å². The van der Waals surface area contributed by atoms with Gasteiger partial charge >= 0.3 is 34.5 Å². The Labute approximate surface area is 366 Å². The van der Waals surface area contributed by atoms with Crippen LogP contribution in [-0.2, 0) is 15.1 Å². The third kappa shape index (κ3) is 11.8. The van der Waals surface area contributed by atoms with E-state index in [2.05, 4.69) is 146 Å². The molecule has 3 nitrogen and oxygen atoms in total. The minimum absolute atomic E-state index is 0.0925. The van der Waals surface area contributed by atoms with E-state index in [1.807, 2.05) is 84.9 Å². The summed E-state index contributed by atoms with van der Waals surface area (Å²) in [5, 5.41) is 7.32. The summed E-state index contributed by atoms with van der Waals surface area (Å²) in [4.78, 5) is 14.7. The first-order valence-electron chi connectivity index (χ1n) is 19.1. The number of ketones is 1. The second kappa shape index (κ2) is 23.3. The Morgan fingerprint density at radius 1 is 0.373 bits per heavy atom. The van der Waals surface area contributed by atoms with E-state index in [1.54, 1.807) is 0 Å². The number of halogens is 2. The van der Waals surface area contributed by atoms with Gasteiger partial charge in [-0.2, -0.15) is 0 Å². The number of rotatable bonds is 11. The number of hydrogen-bond donors (Lipinski definition) is 0. The van der Waals surface area contributed by atoms with Crippen LogP contribution >= 0.6 is 35.2 Å². The molecule has 0 aliphatic carbocycles. The van der Waals surface area contributed by atoms with Crippen molar-refractivity contribution in [1.82, 2.24) is 0 Å². The molecule has 0 aliphatic rings. The van der Waals surface area contributed by atoms with E-state index in [4.69, 9.17) is 30.8 Å². The van der Waals surface area contributed by atoms with Crippen LogP contribution in [0.15, 0.2) is 231 Å². The van der Waals surface area contributed by atoms with Crippen molar-refractivity contribution in [1.29, 1.82) is 0 Å². The molecular formula is C51H44Cl2N2OP2Ru+2. The monoisotopic (exact) mass is 934 g/mol. The Hall–Kier alpha value is -4.59. The zero-order valence-corrected chi connectivity index (χ0v) is 37.4. The van der Waals surface area contributed by atoms with Crippen LogP contribution in [0.1, 0.15) is 39.1 Å². The molecule has 0 saturated carbocycles. The van der Waals surface area contributed by atoms with Crippen LogP contribution in [0.2, 0.25) is 0 Å². The fraction of sp³-hybridized carbons (Fsp3) is 0.0392. The first-order chi connectivity index (χ1) is 29.0. The van der Waals surface area contributed by atoms with Crippen molar-refractivity contribution >= 4 is 72.8 Å². The SMILES string of the molecule is O=C(c1ccccc1[PH+](c1ccccc1)c1ccccc1)c1ccccc1[PH+](c1ccccc1)c1ccccc1.[Cl][Ru+2][Cl].[NH-][C@H](c1ccccc1)[C@H]([NH-])c1ccccc1. The minimum atomic E-state index is -1.41. The Kier molecular flexibility index (Phi) is 17.3. The van der Waals surface area contributed by atoms with Crippen molar-refractivity contribution in [3.05, 3.63) is 264 Å². The van der Waals surface area contributed by atoms with Crippen LogP contribution in [0.4, 0.5) is 0 Å². The van der Waals surface area contributed by atoms with Gasteiger partial charge in [0.2, 0.25) is 5.78 Å². The molecule has 0 radical (unpaired) electrons. The van der Waals surface area contributed by atoms with Gasteiger partial charge in [0.1, 0.15) is 31.8 Å². The number of carbonyl (C=O) groups is 1. The van der Waals surface area contributed by atoms with Crippen LogP contribution in [0.25, 0.3) is 11.5 Å². The van der Waals surface area contributed by atoms with Crippen LogP contribution in [0.3, 0.4) is 0 Å². The molecule has 294 valence electrons. The van der Waals surface area contributed by atoms with Gasteiger partial charge in [0.05, 0.1) is 27.0 Å². The van der Waals surface area contributed by atoms with E-state index in [0.717, 1.165) is 32.9 Å². The summed E-state index contributed by atoms with van der Waals surface area (Å²) in [7, 11) is 6.89. The molecule has 59 heavy (non-hydrogen) atoms. The molecule has 0 saturated heterocycles. The van der Waals surface area contributed by atoms with Crippen molar-refractivity contribution in [3.63, 3.8) is 0 Å². The van der Waals surface area contributed by atoms with E-state index in [9.17, 15) is 4.79 Å². The minimum Gasteiger partial charge on any atom is -0.672 e. The molecular weight excluding hydrogens is 890 g/mol.